The lowest BCUT2D eigenvalue weighted by molar-refractivity contribution is 0.456. The fourth-order valence-electron chi connectivity index (χ4n) is 2.77. The normalized spacial score (nSPS) is 18.7. The van der Waals surface area contributed by atoms with E-state index in [0.29, 0.717) is 27.0 Å². The second-order valence-electron chi connectivity index (χ2n) is 5.51. The van der Waals surface area contributed by atoms with Crippen molar-refractivity contribution in [2.24, 2.45) is 0 Å². The third-order valence-corrected chi connectivity index (χ3v) is 5.26. The van der Waals surface area contributed by atoms with Crippen LogP contribution in [-0.2, 0) is 0 Å². The minimum atomic E-state index is 0.324. The van der Waals surface area contributed by atoms with E-state index in [4.69, 9.17) is 27.6 Å². The van der Waals surface area contributed by atoms with Crippen molar-refractivity contribution in [2.75, 3.05) is 24.5 Å². The van der Waals surface area contributed by atoms with Crippen molar-refractivity contribution in [3.8, 4) is 10.6 Å². The van der Waals surface area contributed by atoms with Gasteiger partial charge in [-0.3, -0.25) is 0 Å². The van der Waals surface area contributed by atoms with Crippen LogP contribution >= 0.6 is 34.5 Å². The number of anilines is 1. The van der Waals surface area contributed by atoms with Crippen molar-refractivity contribution in [3.05, 3.63) is 27.7 Å². The molecule has 8 heteroatoms. The first-order valence-corrected chi connectivity index (χ1v) is 8.88. The van der Waals surface area contributed by atoms with E-state index in [1.165, 1.54) is 11.3 Å². The predicted molar refractivity (Wildman–Crippen MR) is 94.8 cm³/mol. The van der Waals surface area contributed by atoms with Crippen LogP contribution in [0.2, 0.25) is 9.36 Å². The third-order valence-electron chi connectivity index (χ3n) is 3.90. The summed E-state index contributed by atoms with van der Waals surface area (Å²) in [6.07, 6.45) is 1.63. The highest BCUT2D eigenvalue weighted by Crippen LogP contribution is 2.37. The number of aromatic nitrogens is 2. The number of fused-ring (bicyclic) bond motifs is 1. The van der Waals surface area contributed by atoms with Crippen LogP contribution in [0.4, 0.5) is 6.01 Å². The minimum Gasteiger partial charge on any atom is -0.423 e. The summed E-state index contributed by atoms with van der Waals surface area (Å²) in [5, 5.41) is 4.74. The van der Waals surface area contributed by atoms with Gasteiger partial charge in [0.1, 0.15) is 14.9 Å². The highest BCUT2D eigenvalue weighted by atomic mass is 35.5. The van der Waals surface area contributed by atoms with Gasteiger partial charge in [0, 0.05) is 30.7 Å². The Hall–Kier alpha value is -1.34. The molecule has 5 nitrogen and oxygen atoms in total. The Morgan fingerprint density at radius 3 is 3.00 bits per heavy atom. The molecule has 1 atom stereocenters. The van der Waals surface area contributed by atoms with E-state index in [-0.39, 0.29) is 0 Å². The maximum Gasteiger partial charge on any atom is 0.298 e. The average Bonchev–Trinajstić information content (AvgIpc) is 3.13. The highest BCUT2D eigenvalue weighted by molar-refractivity contribution is 7.19. The van der Waals surface area contributed by atoms with Crippen molar-refractivity contribution in [3.63, 3.8) is 0 Å². The quantitative estimate of drug-likeness (QED) is 0.739. The molecule has 0 unspecified atom stereocenters. The summed E-state index contributed by atoms with van der Waals surface area (Å²) in [4.78, 5) is 11.1. The predicted octanol–water partition coefficient (Wildman–Crippen LogP) is 4.06. The molecule has 0 saturated carbocycles. The zero-order valence-electron chi connectivity index (χ0n) is 12.3. The number of rotatable bonds is 2. The van der Waals surface area contributed by atoms with E-state index in [9.17, 15) is 0 Å². The van der Waals surface area contributed by atoms with E-state index in [1.807, 2.05) is 12.1 Å². The Balaban J connectivity index is 1.84. The molecule has 2 aromatic heterocycles. The lowest BCUT2D eigenvalue weighted by Crippen LogP contribution is -2.50. The molecule has 0 aliphatic carbocycles. The summed E-state index contributed by atoms with van der Waals surface area (Å²) < 4.78 is 6.71. The monoisotopic (exact) mass is 368 g/mol. The van der Waals surface area contributed by atoms with Gasteiger partial charge in [0.05, 0.1) is 11.8 Å². The van der Waals surface area contributed by atoms with Gasteiger partial charge in [-0.2, -0.15) is 4.98 Å². The highest BCUT2D eigenvalue weighted by Gasteiger charge is 2.24. The average molecular weight is 369 g/mol. The number of benzene rings is 1. The summed E-state index contributed by atoms with van der Waals surface area (Å²) in [5.41, 5.74) is 2.26. The molecule has 0 spiro atoms. The van der Waals surface area contributed by atoms with Crippen LogP contribution < -0.4 is 10.2 Å². The fourth-order valence-corrected chi connectivity index (χ4v) is 3.91. The molecule has 3 aromatic rings. The van der Waals surface area contributed by atoms with Crippen molar-refractivity contribution in [2.45, 2.75) is 13.0 Å². The molecule has 120 valence electrons. The number of hydrogen-bond acceptors (Lipinski definition) is 6. The molecule has 3 heterocycles. The summed E-state index contributed by atoms with van der Waals surface area (Å²) in [7, 11) is 0. The van der Waals surface area contributed by atoms with Gasteiger partial charge >= 0.3 is 0 Å². The first kappa shape index (κ1) is 15.2. The summed E-state index contributed by atoms with van der Waals surface area (Å²) >= 11 is 13.6. The molecule has 1 aliphatic rings. The van der Waals surface area contributed by atoms with Gasteiger partial charge in [0.15, 0.2) is 5.58 Å². The zero-order chi connectivity index (χ0) is 16.0. The van der Waals surface area contributed by atoms with E-state index >= 15 is 0 Å². The van der Waals surface area contributed by atoms with Gasteiger partial charge in [-0.15, -0.1) is 11.3 Å². The fraction of sp³-hybridized carbons (Fsp3) is 0.333. The first-order valence-electron chi connectivity index (χ1n) is 7.31. The molecule has 1 aliphatic heterocycles. The molecule has 1 saturated heterocycles. The Labute approximate surface area is 147 Å². The summed E-state index contributed by atoms with van der Waals surface area (Å²) in [6, 6.07) is 4.61. The second kappa shape index (κ2) is 5.94. The van der Waals surface area contributed by atoms with Crippen LogP contribution in [0.25, 0.3) is 21.7 Å². The van der Waals surface area contributed by atoms with Crippen LogP contribution in [-0.4, -0.2) is 35.6 Å². The Kier molecular flexibility index (Phi) is 3.93. The lowest BCUT2D eigenvalue weighted by atomic mass is 10.2. The third kappa shape index (κ3) is 2.80. The van der Waals surface area contributed by atoms with Gasteiger partial charge < -0.3 is 14.6 Å². The number of hydrogen-bond donors (Lipinski definition) is 1. The van der Waals surface area contributed by atoms with Crippen molar-refractivity contribution in [1.29, 1.82) is 0 Å². The van der Waals surface area contributed by atoms with Crippen molar-refractivity contribution >= 4 is 51.7 Å². The molecule has 23 heavy (non-hydrogen) atoms. The number of nitrogens with zero attached hydrogens (tertiary/aromatic N) is 3. The van der Waals surface area contributed by atoms with E-state index < -0.39 is 0 Å². The lowest BCUT2D eigenvalue weighted by Gasteiger charge is -2.32. The maximum absolute atomic E-state index is 6.24. The van der Waals surface area contributed by atoms with Gasteiger partial charge in [-0.25, -0.2) is 4.98 Å². The molecular weight excluding hydrogens is 355 g/mol. The number of halogens is 2. The van der Waals surface area contributed by atoms with E-state index in [1.54, 1.807) is 6.20 Å². The van der Waals surface area contributed by atoms with Crippen LogP contribution in [0.1, 0.15) is 6.92 Å². The summed E-state index contributed by atoms with van der Waals surface area (Å²) in [5.74, 6) is 0. The number of nitrogens with one attached hydrogen (secondary N) is 1. The standard InChI is InChI=1S/C15H14Cl2N4OS/c1-8-6-18-2-3-21(8)15-20-11-5-9(16)4-10(13(11)22-15)14-19-7-12(17)23-14/h4-5,7-8,18H,2-3,6H2,1H3/t8-/m0/s1. The second-order valence-corrected chi connectivity index (χ2v) is 7.61. The van der Waals surface area contributed by atoms with E-state index in [2.05, 4.69) is 27.1 Å². The SMILES string of the molecule is C[C@H]1CNCCN1c1nc2cc(Cl)cc(-c3ncc(Cl)s3)c2o1. The molecule has 0 amide bonds. The van der Waals surface area contributed by atoms with Gasteiger partial charge in [-0.1, -0.05) is 23.2 Å². The van der Waals surface area contributed by atoms with Crippen LogP contribution in [0.3, 0.4) is 0 Å². The molecule has 1 N–H and O–H groups in total. The Bertz CT molecular complexity index is 862. The van der Waals surface area contributed by atoms with Gasteiger partial charge in [0.2, 0.25) is 0 Å². The minimum absolute atomic E-state index is 0.324. The van der Waals surface area contributed by atoms with Crippen molar-refractivity contribution < 1.29 is 4.42 Å². The van der Waals surface area contributed by atoms with Gasteiger partial charge in [-0.05, 0) is 19.1 Å². The maximum atomic E-state index is 6.24. The number of piperazine rings is 1. The zero-order valence-corrected chi connectivity index (χ0v) is 14.7. The smallest absolute Gasteiger partial charge is 0.298 e. The molecule has 0 bridgehead atoms. The molecule has 1 aromatic carbocycles. The van der Waals surface area contributed by atoms with Gasteiger partial charge in [0.25, 0.3) is 6.01 Å². The number of thiazole rings is 1. The van der Waals surface area contributed by atoms with Crippen LogP contribution in [0.15, 0.2) is 22.7 Å². The molecule has 0 radical (unpaired) electrons. The number of oxazole rings is 1. The van der Waals surface area contributed by atoms with Crippen LogP contribution in [0.5, 0.6) is 0 Å². The first-order chi connectivity index (χ1) is 11.1. The van der Waals surface area contributed by atoms with Crippen molar-refractivity contribution in [1.82, 2.24) is 15.3 Å². The largest absolute Gasteiger partial charge is 0.423 e. The Morgan fingerprint density at radius 1 is 1.39 bits per heavy atom. The molecular formula is C15H14Cl2N4OS. The Morgan fingerprint density at radius 2 is 2.26 bits per heavy atom. The van der Waals surface area contributed by atoms with E-state index in [0.717, 1.165) is 35.7 Å². The van der Waals surface area contributed by atoms with Crippen LogP contribution in [0, 0.1) is 0 Å². The molecule has 1 fully saturated rings. The summed E-state index contributed by atoms with van der Waals surface area (Å²) in [6.45, 7) is 4.84. The topological polar surface area (TPSA) is 54.2 Å². The molecule has 4 rings (SSSR count).